The molecule has 2 heterocycles. The molecule has 0 spiro atoms. The van der Waals surface area contributed by atoms with Crippen molar-refractivity contribution in [3.63, 3.8) is 0 Å². The number of carbonyl (C=O) groups excluding carboxylic acids is 1. The highest BCUT2D eigenvalue weighted by Gasteiger charge is 2.49. The Morgan fingerprint density at radius 2 is 2.16 bits per heavy atom. The van der Waals surface area contributed by atoms with Crippen LogP contribution in [0, 0.1) is 5.21 Å². The molecule has 2 atom stereocenters. The van der Waals surface area contributed by atoms with Crippen LogP contribution in [0.5, 0.6) is 5.75 Å². The molecule has 3 rings (SSSR count). The van der Waals surface area contributed by atoms with Gasteiger partial charge in [0, 0.05) is 5.56 Å². The van der Waals surface area contributed by atoms with Gasteiger partial charge in [0.25, 0.3) is 6.79 Å². The smallest absolute Gasteiger partial charge is 0.430 e. The summed E-state index contributed by atoms with van der Waals surface area (Å²) in [6.45, 7) is 1.03. The van der Waals surface area contributed by atoms with Gasteiger partial charge in [-0.15, -0.1) is 5.01 Å². The van der Waals surface area contributed by atoms with Crippen LogP contribution in [0.2, 0.25) is 0 Å². The largest absolute Gasteiger partial charge is 0.569 e. The van der Waals surface area contributed by atoms with Crippen LogP contribution in [0.3, 0.4) is 0 Å². The summed E-state index contributed by atoms with van der Waals surface area (Å²) in [6.07, 6.45) is -5.06. The molecule has 0 radical (unpaired) electrons. The van der Waals surface area contributed by atoms with E-state index in [-0.39, 0.29) is 23.7 Å². The Morgan fingerprint density at radius 3 is 2.81 bits per heavy atom. The Balaban J connectivity index is 1.68. The predicted molar refractivity (Wildman–Crippen MR) is 99.7 cm³/mol. The second-order valence-corrected chi connectivity index (χ2v) is 7.04. The van der Waals surface area contributed by atoms with Crippen LogP contribution in [-0.2, 0) is 25.6 Å². The van der Waals surface area contributed by atoms with Crippen molar-refractivity contribution in [2.45, 2.75) is 44.5 Å². The van der Waals surface area contributed by atoms with Gasteiger partial charge in [0.2, 0.25) is 11.4 Å². The van der Waals surface area contributed by atoms with Crippen molar-refractivity contribution in [3.8, 4) is 5.75 Å². The molecule has 0 saturated carbocycles. The first-order chi connectivity index (χ1) is 15.1. The third kappa shape index (κ3) is 5.03. The highest BCUT2D eigenvalue weighted by atomic mass is 19.4. The number of fused-ring (bicyclic) bond motifs is 1. The van der Waals surface area contributed by atoms with E-state index >= 15 is 0 Å². The van der Waals surface area contributed by atoms with Gasteiger partial charge in [-0.05, 0) is 43.0 Å². The summed E-state index contributed by atoms with van der Waals surface area (Å²) < 4.78 is 50.0. The average molecular weight is 459 g/mol. The number of halogens is 3. The molecular weight excluding hydrogens is 439 g/mol. The van der Waals surface area contributed by atoms with Gasteiger partial charge in [-0.25, -0.2) is 9.59 Å². The highest BCUT2D eigenvalue weighted by Crippen LogP contribution is 2.38. The average Bonchev–Trinajstić information content (AvgIpc) is 3.25. The van der Waals surface area contributed by atoms with E-state index in [0.29, 0.717) is 18.4 Å². The molecule has 1 fully saturated rings. The third-order valence-corrected chi connectivity index (χ3v) is 4.95. The molecule has 0 bridgehead atoms. The summed E-state index contributed by atoms with van der Waals surface area (Å²) in [4.78, 5) is 27.8. The molecule has 32 heavy (non-hydrogen) atoms. The molecule has 10 nitrogen and oxygen atoms in total. The number of carbonyl (C=O) groups is 2. The number of aliphatic carboxylic acids is 1. The van der Waals surface area contributed by atoms with Crippen molar-refractivity contribution in [2.24, 2.45) is 5.28 Å². The lowest BCUT2D eigenvalue weighted by molar-refractivity contribution is -0.712. The maximum Gasteiger partial charge on any atom is 0.430 e. The van der Waals surface area contributed by atoms with Crippen molar-refractivity contribution in [2.75, 3.05) is 13.3 Å². The molecular formula is C19H20F3N3O7. The summed E-state index contributed by atoms with van der Waals surface area (Å²) in [7, 11) is 0. The van der Waals surface area contributed by atoms with Crippen molar-refractivity contribution in [1.82, 2.24) is 5.01 Å². The Labute approximate surface area is 180 Å². The maximum atomic E-state index is 13.4. The van der Waals surface area contributed by atoms with Crippen molar-refractivity contribution < 1.29 is 47.1 Å². The Kier molecular flexibility index (Phi) is 6.75. The number of esters is 1. The SMILES string of the molecule is CCc1ccc2c(c1)C=C(C(=O)OCO/N=[N+](\[O-])N1CCC[C@H]1C(=O)O)[C@@H](C(F)(F)F)O2. The lowest BCUT2D eigenvalue weighted by Crippen LogP contribution is -2.41. The summed E-state index contributed by atoms with van der Waals surface area (Å²) in [5, 5.41) is 24.9. The zero-order valence-corrected chi connectivity index (χ0v) is 16.9. The monoisotopic (exact) mass is 459 g/mol. The van der Waals surface area contributed by atoms with Gasteiger partial charge in [0.1, 0.15) is 5.75 Å². The van der Waals surface area contributed by atoms with E-state index in [0.717, 1.165) is 16.6 Å². The van der Waals surface area contributed by atoms with Gasteiger partial charge in [-0.2, -0.15) is 13.2 Å². The van der Waals surface area contributed by atoms with E-state index in [4.69, 9.17) is 9.84 Å². The number of hydrazine groups is 1. The quantitative estimate of drug-likeness (QED) is 0.165. The number of alkyl halides is 3. The van der Waals surface area contributed by atoms with E-state index in [1.54, 1.807) is 12.1 Å². The fourth-order valence-electron chi connectivity index (χ4n) is 3.37. The number of nitrogens with zero attached hydrogens (tertiary/aromatic N) is 3. The first kappa shape index (κ1) is 23.2. The first-order valence-corrected chi connectivity index (χ1v) is 9.66. The summed E-state index contributed by atoms with van der Waals surface area (Å²) in [6, 6.07) is 3.56. The van der Waals surface area contributed by atoms with E-state index < -0.39 is 42.6 Å². The molecule has 2 aliphatic rings. The lowest BCUT2D eigenvalue weighted by Gasteiger charge is -2.27. The molecule has 1 N–H and O–H groups in total. The Bertz CT molecular complexity index is 949. The van der Waals surface area contributed by atoms with Crippen molar-refractivity contribution >= 4 is 18.0 Å². The number of carboxylic acids is 1. The molecule has 0 aromatic heterocycles. The number of carboxylic acid groups (broad SMARTS) is 1. The van der Waals surface area contributed by atoms with Crippen LogP contribution in [0.1, 0.15) is 30.9 Å². The zero-order valence-electron chi connectivity index (χ0n) is 16.9. The molecule has 0 unspecified atom stereocenters. The molecule has 1 aromatic carbocycles. The molecule has 0 aliphatic carbocycles. The van der Waals surface area contributed by atoms with E-state index in [1.807, 2.05) is 6.92 Å². The van der Waals surface area contributed by atoms with Crippen LogP contribution < -0.4 is 4.74 Å². The van der Waals surface area contributed by atoms with Crippen LogP contribution in [0.25, 0.3) is 6.08 Å². The van der Waals surface area contributed by atoms with Gasteiger partial charge in [0.15, 0.2) is 6.04 Å². The first-order valence-electron chi connectivity index (χ1n) is 9.66. The second-order valence-electron chi connectivity index (χ2n) is 7.04. The Hall–Kier alpha value is -3.51. The number of hydrogen-bond acceptors (Lipinski definition) is 7. The fraction of sp³-hybridized carbons (Fsp3) is 0.474. The van der Waals surface area contributed by atoms with Gasteiger partial charge in [-0.3, -0.25) is 0 Å². The molecule has 13 heteroatoms. The summed E-state index contributed by atoms with van der Waals surface area (Å²) in [5.41, 5.74) is 0.342. The zero-order chi connectivity index (χ0) is 23.5. The number of rotatable bonds is 7. The predicted octanol–water partition coefficient (Wildman–Crippen LogP) is 2.81. The summed E-state index contributed by atoms with van der Waals surface area (Å²) >= 11 is 0. The van der Waals surface area contributed by atoms with Gasteiger partial charge in [0.05, 0.1) is 17.1 Å². The summed E-state index contributed by atoms with van der Waals surface area (Å²) in [5.74, 6) is -2.59. The van der Waals surface area contributed by atoms with Crippen molar-refractivity contribution in [1.29, 1.82) is 0 Å². The van der Waals surface area contributed by atoms with Gasteiger partial charge < -0.3 is 24.6 Å². The second kappa shape index (κ2) is 9.32. The molecule has 1 aromatic rings. The number of ether oxygens (including phenoxy) is 2. The maximum absolute atomic E-state index is 13.4. The van der Waals surface area contributed by atoms with E-state index in [1.165, 1.54) is 6.07 Å². The third-order valence-electron chi connectivity index (χ3n) is 4.95. The van der Waals surface area contributed by atoms with Crippen LogP contribution >= 0.6 is 0 Å². The minimum absolute atomic E-state index is 0.0204. The van der Waals surface area contributed by atoms with E-state index in [2.05, 4.69) is 14.9 Å². The lowest BCUT2D eigenvalue weighted by atomic mass is 9.99. The fourth-order valence-corrected chi connectivity index (χ4v) is 3.37. The molecule has 1 saturated heterocycles. The Morgan fingerprint density at radius 1 is 1.41 bits per heavy atom. The topological polar surface area (TPSA) is 124 Å². The van der Waals surface area contributed by atoms with Crippen molar-refractivity contribution in [3.05, 3.63) is 40.1 Å². The van der Waals surface area contributed by atoms with E-state index in [9.17, 15) is 28.0 Å². The van der Waals surface area contributed by atoms with Crippen LogP contribution in [0.15, 0.2) is 29.0 Å². The highest BCUT2D eigenvalue weighted by molar-refractivity contribution is 5.96. The number of aryl methyl sites for hydroxylation is 1. The number of hydrogen-bond donors (Lipinski definition) is 1. The minimum Gasteiger partial charge on any atom is -0.569 e. The number of benzene rings is 1. The van der Waals surface area contributed by atoms with Gasteiger partial charge >= 0.3 is 18.1 Å². The normalized spacial score (nSPS) is 20.8. The van der Waals surface area contributed by atoms with Crippen LogP contribution in [0.4, 0.5) is 13.2 Å². The molecule has 174 valence electrons. The standard InChI is InChI=1S/C19H20F3N3O7/c1-2-11-5-6-15-12(8-11)9-13(16(32-15)19(20,21)22)18(28)30-10-31-23-25(29)24-7-3-4-14(24)17(26)27/h5-6,8-9,14,16H,2-4,7,10H2,1H3,(H,26,27)/b25-23-/t14-,16-/m0/s1. The minimum atomic E-state index is -4.88. The van der Waals surface area contributed by atoms with Gasteiger partial charge in [-0.1, -0.05) is 13.0 Å². The molecule has 0 amide bonds. The van der Waals surface area contributed by atoms with Crippen LogP contribution in [-0.4, -0.2) is 58.7 Å². The molecule has 2 aliphatic heterocycles.